The standard InChI is InChI=1S/C33H22ClN3O2S/c34-25-16-18-27(19-17-25)36-29(22-10-4-1-5-11-22)21-24(30(36)23-12-6-2-7-13-23)20-28-31(38)35-33(40)37(32(28)39)26-14-8-3-9-15-26/h1-21H,(H,35,38,40)/b28-20-. The number of carbonyl (C=O) groups excluding carboxylic acids is 2. The zero-order valence-electron chi connectivity index (χ0n) is 21.1. The third-order valence-electron chi connectivity index (χ3n) is 6.65. The van der Waals surface area contributed by atoms with E-state index in [1.54, 1.807) is 18.2 Å². The zero-order valence-corrected chi connectivity index (χ0v) is 22.7. The van der Waals surface area contributed by atoms with Crippen LogP contribution >= 0.6 is 23.8 Å². The highest BCUT2D eigenvalue weighted by atomic mass is 35.5. The van der Waals surface area contributed by atoms with Crippen molar-refractivity contribution < 1.29 is 9.59 Å². The summed E-state index contributed by atoms with van der Waals surface area (Å²) < 4.78 is 2.12. The van der Waals surface area contributed by atoms with Crippen molar-refractivity contribution in [2.45, 2.75) is 0 Å². The lowest BCUT2D eigenvalue weighted by Crippen LogP contribution is -2.54. The van der Waals surface area contributed by atoms with Crippen molar-refractivity contribution in [1.82, 2.24) is 9.88 Å². The number of nitrogens with zero attached hydrogens (tertiary/aromatic N) is 2. The molecule has 1 aromatic heterocycles. The van der Waals surface area contributed by atoms with E-state index in [0.29, 0.717) is 16.3 Å². The Morgan fingerprint density at radius 2 is 1.27 bits per heavy atom. The predicted molar refractivity (Wildman–Crippen MR) is 164 cm³/mol. The molecule has 0 unspecified atom stereocenters. The van der Waals surface area contributed by atoms with Gasteiger partial charge in [0, 0.05) is 16.3 Å². The molecular formula is C33H22ClN3O2S. The van der Waals surface area contributed by atoms with Crippen molar-refractivity contribution in [3.63, 3.8) is 0 Å². The molecule has 7 heteroatoms. The molecule has 1 fully saturated rings. The largest absolute Gasteiger partial charge is 0.309 e. The van der Waals surface area contributed by atoms with Gasteiger partial charge in [-0.1, -0.05) is 90.5 Å². The van der Waals surface area contributed by atoms with Crippen molar-refractivity contribution in [3.8, 4) is 28.2 Å². The molecule has 1 aliphatic rings. The molecule has 0 atom stereocenters. The number of halogens is 1. The van der Waals surface area contributed by atoms with Crippen LogP contribution in [0.2, 0.25) is 5.02 Å². The van der Waals surface area contributed by atoms with Gasteiger partial charge in [0.2, 0.25) is 0 Å². The highest BCUT2D eigenvalue weighted by molar-refractivity contribution is 7.80. The van der Waals surface area contributed by atoms with Crippen LogP contribution in [0.3, 0.4) is 0 Å². The normalized spacial score (nSPS) is 14.5. The first-order valence-corrected chi connectivity index (χ1v) is 13.4. The van der Waals surface area contributed by atoms with E-state index < -0.39 is 11.8 Å². The van der Waals surface area contributed by atoms with Gasteiger partial charge in [0.1, 0.15) is 5.57 Å². The minimum Gasteiger partial charge on any atom is -0.309 e. The predicted octanol–water partition coefficient (Wildman–Crippen LogP) is 7.30. The van der Waals surface area contributed by atoms with E-state index in [-0.39, 0.29) is 10.7 Å². The van der Waals surface area contributed by atoms with Gasteiger partial charge in [-0.25, -0.2) is 0 Å². The van der Waals surface area contributed by atoms with Crippen LogP contribution in [0.5, 0.6) is 0 Å². The molecule has 1 N–H and O–H groups in total. The van der Waals surface area contributed by atoms with Gasteiger partial charge in [-0.05, 0) is 71.9 Å². The molecule has 1 saturated heterocycles. The number of rotatable bonds is 5. The summed E-state index contributed by atoms with van der Waals surface area (Å²) in [5.74, 6) is -1.03. The number of aromatic nitrogens is 1. The summed E-state index contributed by atoms with van der Waals surface area (Å²) in [6.45, 7) is 0. The lowest BCUT2D eigenvalue weighted by molar-refractivity contribution is -0.122. The summed E-state index contributed by atoms with van der Waals surface area (Å²) >= 11 is 11.6. The third-order valence-corrected chi connectivity index (χ3v) is 7.18. The van der Waals surface area contributed by atoms with Gasteiger partial charge in [0.25, 0.3) is 11.8 Å². The Morgan fingerprint density at radius 3 is 1.90 bits per heavy atom. The van der Waals surface area contributed by atoms with E-state index in [2.05, 4.69) is 9.88 Å². The maximum atomic E-state index is 13.8. The molecule has 40 heavy (non-hydrogen) atoms. The van der Waals surface area contributed by atoms with Gasteiger partial charge in [-0.3, -0.25) is 19.8 Å². The fraction of sp³-hybridized carbons (Fsp3) is 0. The summed E-state index contributed by atoms with van der Waals surface area (Å²) in [6.07, 6.45) is 1.65. The molecule has 2 amide bonds. The summed E-state index contributed by atoms with van der Waals surface area (Å²) in [5, 5.41) is 3.36. The highest BCUT2D eigenvalue weighted by Gasteiger charge is 2.35. The minimum absolute atomic E-state index is 0.0116. The second-order valence-corrected chi connectivity index (χ2v) is 9.99. The zero-order chi connectivity index (χ0) is 27.6. The van der Waals surface area contributed by atoms with Gasteiger partial charge >= 0.3 is 0 Å². The van der Waals surface area contributed by atoms with Crippen LogP contribution in [0, 0.1) is 0 Å². The lowest BCUT2D eigenvalue weighted by Gasteiger charge is -2.28. The van der Waals surface area contributed by atoms with Crippen LogP contribution in [0.1, 0.15) is 5.56 Å². The molecule has 0 saturated carbocycles. The molecule has 0 radical (unpaired) electrons. The third kappa shape index (κ3) is 4.75. The maximum absolute atomic E-state index is 13.8. The van der Waals surface area contributed by atoms with E-state index in [4.69, 9.17) is 23.8 Å². The maximum Gasteiger partial charge on any atom is 0.270 e. The van der Waals surface area contributed by atoms with E-state index >= 15 is 0 Å². The Morgan fingerprint density at radius 1 is 0.700 bits per heavy atom. The van der Waals surface area contributed by atoms with Crippen LogP contribution in [0.4, 0.5) is 5.69 Å². The Bertz CT molecular complexity index is 1760. The molecule has 5 aromatic rings. The summed E-state index contributed by atoms with van der Waals surface area (Å²) in [4.78, 5) is 28.3. The van der Waals surface area contributed by atoms with E-state index in [0.717, 1.165) is 28.2 Å². The molecular weight excluding hydrogens is 538 g/mol. The van der Waals surface area contributed by atoms with Gasteiger partial charge in [-0.2, -0.15) is 0 Å². The van der Waals surface area contributed by atoms with Crippen molar-refractivity contribution in [1.29, 1.82) is 0 Å². The highest BCUT2D eigenvalue weighted by Crippen LogP contribution is 2.38. The van der Waals surface area contributed by atoms with E-state index in [9.17, 15) is 9.59 Å². The number of nitrogens with one attached hydrogen (secondary N) is 1. The number of carbonyl (C=O) groups is 2. The Kier molecular flexibility index (Phi) is 6.86. The van der Waals surface area contributed by atoms with E-state index in [1.807, 2.05) is 109 Å². The average molecular weight is 560 g/mol. The monoisotopic (exact) mass is 559 g/mol. The first kappa shape index (κ1) is 25.5. The van der Waals surface area contributed by atoms with Crippen molar-refractivity contribution in [2.24, 2.45) is 0 Å². The number of amides is 2. The fourth-order valence-corrected chi connectivity index (χ4v) is 5.24. The van der Waals surface area contributed by atoms with Crippen LogP contribution < -0.4 is 10.2 Å². The molecule has 5 nitrogen and oxygen atoms in total. The van der Waals surface area contributed by atoms with Crippen molar-refractivity contribution >= 4 is 52.5 Å². The summed E-state index contributed by atoms with van der Waals surface area (Å²) in [7, 11) is 0. The molecule has 0 bridgehead atoms. The van der Waals surface area contributed by atoms with Crippen molar-refractivity contribution in [2.75, 3.05) is 4.90 Å². The number of hydrogen-bond acceptors (Lipinski definition) is 3. The number of benzene rings is 4. The van der Waals surface area contributed by atoms with Gasteiger partial charge in [-0.15, -0.1) is 0 Å². The fourth-order valence-electron chi connectivity index (χ4n) is 4.84. The molecule has 1 aliphatic heterocycles. The van der Waals surface area contributed by atoms with Gasteiger partial charge in [0.05, 0.1) is 17.1 Å². The molecule has 4 aromatic carbocycles. The molecule has 6 rings (SSSR count). The molecule has 0 spiro atoms. The first-order valence-electron chi connectivity index (χ1n) is 12.6. The number of para-hydroxylation sites is 1. The number of hydrogen-bond donors (Lipinski definition) is 1. The number of anilines is 1. The summed E-state index contributed by atoms with van der Waals surface area (Å²) in [6, 6.07) is 38.5. The minimum atomic E-state index is -0.540. The first-order chi connectivity index (χ1) is 19.5. The smallest absolute Gasteiger partial charge is 0.270 e. The van der Waals surface area contributed by atoms with Crippen LogP contribution in [0.15, 0.2) is 127 Å². The lowest BCUT2D eigenvalue weighted by atomic mass is 10.0. The SMILES string of the molecule is O=C1NC(=S)N(c2ccccc2)C(=O)/C1=C\c1cc(-c2ccccc2)n(-c2ccc(Cl)cc2)c1-c1ccccc1. The summed E-state index contributed by atoms with van der Waals surface area (Å²) in [5.41, 5.74) is 5.79. The molecule has 0 aliphatic carbocycles. The van der Waals surface area contributed by atoms with Crippen LogP contribution in [-0.4, -0.2) is 21.5 Å². The van der Waals surface area contributed by atoms with Crippen LogP contribution in [0.25, 0.3) is 34.3 Å². The van der Waals surface area contributed by atoms with E-state index in [1.165, 1.54) is 4.90 Å². The molecule has 2 heterocycles. The van der Waals surface area contributed by atoms with Gasteiger partial charge < -0.3 is 4.57 Å². The second-order valence-electron chi connectivity index (χ2n) is 9.17. The Labute approximate surface area is 242 Å². The van der Waals surface area contributed by atoms with Crippen LogP contribution in [-0.2, 0) is 9.59 Å². The Balaban J connectivity index is 1.60. The number of thiocarbonyl (C=S) groups is 1. The second kappa shape index (κ2) is 10.8. The molecule has 194 valence electrons. The van der Waals surface area contributed by atoms with Crippen molar-refractivity contribution in [3.05, 3.63) is 137 Å². The topological polar surface area (TPSA) is 54.3 Å². The quantitative estimate of drug-likeness (QED) is 0.140. The van der Waals surface area contributed by atoms with Gasteiger partial charge in [0.15, 0.2) is 5.11 Å². The Hall–Kier alpha value is -4.78. The average Bonchev–Trinajstić information content (AvgIpc) is 3.36.